The number of nitrogens with two attached hydrogens (primary N) is 1. The van der Waals surface area contributed by atoms with E-state index in [0.29, 0.717) is 0 Å². The van der Waals surface area contributed by atoms with Gasteiger partial charge in [0.05, 0.1) is 0 Å². The molecule has 1 aliphatic heterocycles. The molecule has 0 saturated carbocycles. The van der Waals surface area contributed by atoms with Crippen LogP contribution in [0.2, 0.25) is 0 Å². The van der Waals surface area contributed by atoms with Gasteiger partial charge in [-0.2, -0.15) is 0 Å². The van der Waals surface area contributed by atoms with Crippen molar-refractivity contribution in [2.45, 2.75) is 19.0 Å². The lowest BCUT2D eigenvalue weighted by atomic mass is 9.95. The van der Waals surface area contributed by atoms with Crippen LogP contribution in [-0.2, 0) is 17.8 Å². The van der Waals surface area contributed by atoms with Gasteiger partial charge in [-0.05, 0) is 5.56 Å². The molecule has 1 aromatic rings. The summed E-state index contributed by atoms with van der Waals surface area (Å²) in [6.07, 6.45) is 0.843. The maximum Gasteiger partial charge on any atom is 0.278 e. The SMILES string of the molecule is CNC(=O)C1Cc2ccccc2C[NH2+]1. The zero-order valence-corrected chi connectivity index (χ0v) is 8.29. The third kappa shape index (κ3) is 1.63. The molecule has 1 unspecified atom stereocenters. The fourth-order valence-electron chi connectivity index (χ4n) is 1.93. The van der Waals surface area contributed by atoms with Crippen LogP contribution in [0.1, 0.15) is 11.1 Å². The Morgan fingerprint density at radius 1 is 1.43 bits per heavy atom. The van der Waals surface area contributed by atoms with Crippen molar-refractivity contribution >= 4 is 5.91 Å². The van der Waals surface area contributed by atoms with Crippen LogP contribution < -0.4 is 10.6 Å². The van der Waals surface area contributed by atoms with E-state index in [0.717, 1.165) is 13.0 Å². The van der Waals surface area contributed by atoms with Gasteiger partial charge in [-0.15, -0.1) is 0 Å². The van der Waals surface area contributed by atoms with Crippen LogP contribution in [0.3, 0.4) is 0 Å². The molecule has 1 heterocycles. The molecule has 0 aliphatic carbocycles. The third-order valence-corrected chi connectivity index (χ3v) is 2.76. The Labute approximate surface area is 83.5 Å². The van der Waals surface area contributed by atoms with Crippen molar-refractivity contribution in [2.75, 3.05) is 7.05 Å². The van der Waals surface area contributed by atoms with Gasteiger partial charge in [0.2, 0.25) is 0 Å². The summed E-state index contributed by atoms with van der Waals surface area (Å²) in [6.45, 7) is 0.911. The van der Waals surface area contributed by atoms with Crippen LogP contribution in [0.4, 0.5) is 0 Å². The molecule has 0 bridgehead atoms. The van der Waals surface area contributed by atoms with E-state index in [4.69, 9.17) is 0 Å². The monoisotopic (exact) mass is 191 g/mol. The molecule has 1 aromatic carbocycles. The van der Waals surface area contributed by atoms with Gasteiger partial charge in [-0.3, -0.25) is 4.79 Å². The van der Waals surface area contributed by atoms with E-state index in [1.807, 2.05) is 12.1 Å². The summed E-state index contributed by atoms with van der Waals surface area (Å²) in [5, 5.41) is 4.79. The molecule has 14 heavy (non-hydrogen) atoms. The van der Waals surface area contributed by atoms with Crippen molar-refractivity contribution in [3.8, 4) is 0 Å². The van der Waals surface area contributed by atoms with Gasteiger partial charge < -0.3 is 10.6 Å². The number of likely N-dealkylation sites (N-methyl/N-ethyl adjacent to an activating group) is 1. The number of nitrogens with one attached hydrogen (secondary N) is 1. The lowest BCUT2D eigenvalue weighted by Crippen LogP contribution is -2.93. The van der Waals surface area contributed by atoms with E-state index in [1.165, 1.54) is 11.1 Å². The highest BCUT2D eigenvalue weighted by Gasteiger charge is 2.26. The number of rotatable bonds is 1. The Morgan fingerprint density at radius 2 is 2.14 bits per heavy atom. The summed E-state index contributed by atoms with van der Waals surface area (Å²) in [5.41, 5.74) is 2.66. The Balaban J connectivity index is 2.17. The van der Waals surface area contributed by atoms with Gasteiger partial charge >= 0.3 is 0 Å². The fraction of sp³-hybridized carbons (Fsp3) is 0.364. The Bertz CT molecular complexity index is 349. The number of benzene rings is 1. The van der Waals surface area contributed by atoms with Crippen molar-refractivity contribution < 1.29 is 10.1 Å². The molecule has 1 atom stereocenters. The van der Waals surface area contributed by atoms with Crippen LogP contribution in [0.25, 0.3) is 0 Å². The molecular formula is C11H15N2O+. The largest absolute Gasteiger partial charge is 0.354 e. The Morgan fingerprint density at radius 3 is 2.86 bits per heavy atom. The second-order valence-corrected chi connectivity index (χ2v) is 3.63. The van der Waals surface area contributed by atoms with Crippen LogP contribution >= 0.6 is 0 Å². The van der Waals surface area contributed by atoms with E-state index < -0.39 is 0 Å². The molecule has 0 spiro atoms. The minimum absolute atomic E-state index is 0.0508. The van der Waals surface area contributed by atoms with Gasteiger partial charge in [-0.25, -0.2) is 0 Å². The van der Waals surface area contributed by atoms with Gasteiger partial charge in [-0.1, -0.05) is 24.3 Å². The molecule has 2 rings (SSSR count). The molecule has 0 fully saturated rings. The number of carbonyl (C=O) groups excluding carboxylic acids is 1. The Kier molecular flexibility index (Phi) is 2.50. The van der Waals surface area contributed by atoms with Crippen LogP contribution in [0.15, 0.2) is 24.3 Å². The predicted octanol–water partition coefficient (Wildman–Crippen LogP) is -0.579. The predicted molar refractivity (Wildman–Crippen MR) is 53.6 cm³/mol. The molecule has 1 amide bonds. The normalized spacial score (nSPS) is 19.9. The summed E-state index contributed by atoms with van der Waals surface area (Å²) in [7, 11) is 1.69. The zero-order chi connectivity index (χ0) is 9.97. The van der Waals surface area contributed by atoms with Crippen molar-refractivity contribution in [2.24, 2.45) is 0 Å². The first-order chi connectivity index (χ1) is 6.81. The average molecular weight is 191 g/mol. The molecule has 3 heteroatoms. The minimum atomic E-state index is 0.0508. The number of amides is 1. The molecule has 3 nitrogen and oxygen atoms in total. The number of carbonyl (C=O) groups is 1. The average Bonchev–Trinajstić information content (AvgIpc) is 2.27. The molecule has 0 aromatic heterocycles. The van der Waals surface area contributed by atoms with Crippen molar-refractivity contribution in [3.63, 3.8) is 0 Å². The van der Waals surface area contributed by atoms with E-state index in [2.05, 4.69) is 22.8 Å². The third-order valence-electron chi connectivity index (χ3n) is 2.76. The van der Waals surface area contributed by atoms with Crippen molar-refractivity contribution in [1.82, 2.24) is 5.32 Å². The highest BCUT2D eigenvalue weighted by Crippen LogP contribution is 2.12. The Hall–Kier alpha value is -1.35. The molecule has 74 valence electrons. The topological polar surface area (TPSA) is 45.7 Å². The van der Waals surface area contributed by atoms with Gasteiger partial charge in [0.15, 0.2) is 6.04 Å². The molecule has 1 aliphatic rings. The van der Waals surface area contributed by atoms with Gasteiger partial charge in [0.25, 0.3) is 5.91 Å². The summed E-state index contributed by atoms with van der Waals surface area (Å²) in [4.78, 5) is 11.4. The zero-order valence-electron chi connectivity index (χ0n) is 8.29. The highest BCUT2D eigenvalue weighted by molar-refractivity contribution is 5.80. The maximum atomic E-state index is 11.4. The van der Waals surface area contributed by atoms with Gasteiger partial charge in [0, 0.05) is 19.0 Å². The van der Waals surface area contributed by atoms with E-state index >= 15 is 0 Å². The smallest absolute Gasteiger partial charge is 0.278 e. The van der Waals surface area contributed by atoms with Crippen molar-refractivity contribution in [3.05, 3.63) is 35.4 Å². The standard InChI is InChI=1S/C11H14N2O/c1-12-11(14)10-6-8-4-2-3-5-9(8)7-13-10/h2-5,10,13H,6-7H2,1H3,(H,12,14)/p+1. The fourth-order valence-corrected chi connectivity index (χ4v) is 1.93. The lowest BCUT2D eigenvalue weighted by Gasteiger charge is -2.21. The first-order valence-electron chi connectivity index (χ1n) is 4.93. The first-order valence-corrected chi connectivity index (χ1v) is 4.93. The van der Waals surface area contributed by atoms with E-state index in [1.54, 1.807) is 7.05 Å². The van der Waals surface area contributed by atoms with E-state index in [9.17, 15) is 4.79 Å². The van der Waals surface area contributed by atoms with Crippen LogP contribution in [0.5, 0.6) is 0 Å². The molecule has 0 saturated heterocycles. The lowest BCUT2D eigenvalue weighted by molar-refractivity contribution is -0.695. The second-order valence-electron chi connectivity index (χ2n) is 3.63. The molecule has 3 N–H and O–H groups in total. The maximum absolute atomic E-state index is 11.4. The number of quaternary nitrogens is 1. The first kappa shape index (κ1) is 9.21. The number of hydrogen-bond donors (Lipinski definition) is 2. The molecule has 0 radical (unpaired) electrons. The quantitative estimate of drug-likeness (QED) is 0.613. The second kappa shape index (κ2) is 3.80. The number of fused-ring (bicyclic) bond motifs is 1. The van der Waals surface area contributed by atoms with E-state index in [-0.39, 0.29) is 11.9 Å². The minimum Gasteiger partial charge on any atom is -0.354 e. The molecular weight excluding hydrogens is 176 g/mol. The highest BCUT2D eigenvalue weighted by atomic mass is 16.2. The number of hydrogen-bond acceptors (Lipinski definition) is 1. The summed E-state index contributed by atoms with van der Waals surface area (Å²) >= 11 is 0. The summed E-state index contributed by atoms with van der Waals surface area (Å²) in [6, 6.07) is 8.37. The van der Waals surface area contributed by atoms with Crippen LogP contribution in [0, 0.1) is 0 Å². The van der Waals surface area contributed by atoms with Crippen LogP contribution in [-0.4, -0.2) is 19.0 Å². The summed E-state index contributed by atoms with van der Waals surface area (Å²) < 4.78 is 0. The van der Waals surface area contributed by atoms with Gasteiger partial charge in [0.1, 0.15) is 6.54 Å². The van der Waals surface area contributed by atoms with Crippen molar-refractivity contribution in [1.29, 1.82) is 0 Å². The summed E-state index contributed by atoms with van der Waals surface area (Å²) in [5.74, 6) is 0.125.